The molecule has 0 aromatic heterocycles. The molecule has 162 valence electrons. The third kappa shape index (κ3) is 5.41. The zero-order valence-corrected chi connectivity index (χ0v) is 18.3. The van der Waals surface area contributed by atoms with E-state index in [9.17, 15) is 9.59 Å². The third-order valence-electron chi connectivity index (χ3n) is 5.87. The van der Waals surface area contributed by atoms with Gasteiger partial charge in [0, 0.05) is 32.0 Å². The lowest BCUT2D eigenvalue weighted by Gasteiger charge is -2.37. The summed E-state index contributed by atoms with van der Waals surface area (Å²) in [4.78, 5) is 27.1. The zero-order valence-electron chi connectivity index (χ0n) is 17.5. The molecule has 2 fully saturated rings. The number of piperidine rings is 1. The van der Waals surface area contributed by atoms with Crippen LogP contribution in [0.2, 0.25) is 0 Å². The molecule has 0 bridgehead atoms. The molecule has 29 heavy (non-hydrogen) atoms. The minimum Gasteiger partial charge on any atom is -0.495 e. The van der Waals surface area contributed by atoms with Crippen LogP contribution in [0.3, 0.4) is 0 Å². The first-order valence-electron chi connectivity index (χ1n) is 9.90. The van der Waals surface area contributed by atoms with E-state index < -0.39 is 0 Å². The Morgan fingerprint density at radius 3 is 2.69 bits per heavy atom. The number of anilines is 1. The minimum absolute atomic E-state index is 0. The van der Waals surface area contributed by atoms with E-state index >= 15 is 0 Å². The van der Waals surface area contributed by atoms with E-state index in [2.05, 4.69) is 10.6 Å². The van der Waals surface area contributed by atoms with Crippen molar-refractivity contribution in [3.05, 3.63) is 23.8 Å². The Morgan fingerprint density at radius 1 is 1.31 bits per heavy atom. The molecule has 7 nitrogen and oxygen atoms in total. The molecule has 3 rings (SSSR count). The van der Waals surface area contributed by atoms with E-state index in [1.807, 2.05) is 25.1 Å². The molecular weight excluding hydrogens is 394 g/mol. The Hall–Kier alpha value is -1.83. The van der Waals surface area contributed by atoms with Gasteiger partial charge in [-0.3, -0.25) is 9.59 Å². The normalized spacial score (nSPS) is 20.9. The van der Waals surface area contributed by atoms with E-state index in [4.69, 9.17) is 9.47 Å². The Balaban J connectivity index is 0.00000300. The maximum Gasteiger partial charge on any atom is 0.227 e. The van der Waals surface area contributed by atoms with Gasteiger partial charge in [0.1, 0.15) is 5.75 Å². The van der Waals surface area contributed by atoms with Crippen LogP contribution in [0.15, 0.2) is 18.2 Å². The second-order valence-corrected chi connectivity index (χ2v) is 7.98. The van der Waals surface area contributed by atoms with Gasteiger partial charge in [0.15, 0.2) is 0 Å². The standard InChI is InChI=1S/C21H31N3O4.ClH/c1-15-4-5-18(28-3)17(10-15)24-12-16(11-19(24)25)20(26)23-13-21(14-27-2)6-8-22-9-7-21;/h4-5,10,16,22H,6-9,11-14H2,1-3H3,(H,23,26);1H. The Morgan fingerprint density at radius 2 is 2.03 bits per heavy atom. The van der Waals surface area contributed by atoms with Gasteiger partial charge in [0.05, 0.1) is 25.3 Å². The van der Waals surface area contributed by atoms with E-state index in [0.29, 0.717) is 25.4 Å². The molecule has 2 amide bonds. The number of benzene rings is 1. The largest absolute Gasteiger partial charge is 0.495 e. The average Bonchev–Trinajstić information content (AvgIpc) is 3.09. The van der Waals surface area contributed by atoms with Crippen molar-refractivity contribution in [1.29, 1.82) is 0 Å². The van der Waals surface area contributed by atoms with Crippen molar-refractivity contribution < 1.29 is 19.1 Å². The molecule has 2 aliphatic heterocycles. The van der Waals surface area contributed by atoms with Crippen LogP contribution in [0.5, 0.6) is 5.75 Å². The Kier molecular flexibility index (Phi) is 8.31. The van der Waals surface area contributed by atoms with E-state index in [1.165, 1.54) is 0 Å². The van der Waals surface area contributed by atoms with Gasteiger partial charge < -0.3 is 25.0 Å². The fourth-order valence-corrected chi connectivity index (χ4v) is 4.18. The summed E-state index contributed by atoms with van der Waals surface area (Å²) in [6.07, 6.45) is 2.16. The van der Waals surface area contributed by atoms with Crippen molar-refractivity contribution in [1.82, 2.24) is 10.6 Å². The highest BCUT2D eigenvalue weighted by molar-refractivity contribution is 6.01. The number of rotatable bonds is 7. The van der Waals surface area contributed by atoms with Gasteiger partial charge in [-0.05, 0) is 50.6 Å². The lowest BCUT2D eigenvalue weighted by Crippen LogP contribution is -2.48. The van der Waals surface area contributed by atoms with Gasteiger partial charge in [-0.15, -0.1) is 12.4 Å². The van der Waals surface area contributed by atoms with Gasteiger partial charge >= 0.3 is 0 Å². The van der Waals surface area contributed by atoms with Crippen LogP contribution in [-0.2, 0) is 14.3 Å². The van der Waals surface area contributed by atoms with Crippen molar-refractivity contribution in [2.45, 2.75) is 26.2 Å². The number of halogens is 1. The third-order valence-corrected chi connectivity index (χ3v) is 5.87. The number of methoxy groups -OCH3 is 2. The van der Waals surface area contributed by atoms with Crippen LogP contribution in [0.25, 0.3) is 0 Å². The molecule has 1 aromatic carbocycles. The molecule has 1 unspecified atom stereocenters. The second kappa shape index (κ2) is 10.3. The van der Waals surface area contributed by atoms with Crippen LogP contribution < -0.4 is 20.3 Å². The molecule has 0 aliphatic carbocycles. The molecule has 0 saturated carbocycles. The van der Waals surface area contributed by atoms with Crippen molar-refractivity contribution in [3.63, 3.8) is 0 Å². The number of hydrogen-bond donors (Lipinski definition) is 2. The number of nitrogens with zero attached hydrogens (tertiary/aromatic N) is 1. The monoisotopic (exact) mass is 425 g/mol. The molecule has 1 atom stereocenters. The number of hydrogen-bond acceptors (Lipinski definition) is 5. The number of aryl methyl sites for hydroxylation is 1. The highest BCUT2D eigenvalue weighted by Gasteiger charge is 2.38. The fraction of sp³-hybridized carbons (Fsp3) is 0.619. The summed E-state index contributed by atoms with van der Waals surface area (Å²) in [5, 5.41) is 6.45. The summed E-state index contributed by atoms with van der Waals surface area (Å²) in [6, 6.07) is 5.73. The molecule has 0 spiro atoms. The van der Waals surface area contributed by atoms with Crippen molar-refractivity contribution in [2.75, 3.05) is 51.9 Å². The summed E-state index contributed by atoms with van der Waals surface area (Å²) in [5.41, 5.74) is 1.75. The van der Waals surface area contributed by atoms with Crippen molar-refractivity contribution >= 4 is 29.9 Å². The van der Waals surface area contributed by atoms with E-state index in [-0.39, 0.29) is 42.0 Å². The van der Waals surface area contributed by atoms with Gasteiger partial charge in [0.2, 0.25) is 11.8 Å². The maximum absolute atomic E-state index is 12.8. The summed E-state index contributed by atoms with van der Waals surface area (Å²) >= 11 is 0. The molecular formula is C21H32ClN3O4. The SMILES string of the molecule is COCC1(CNC(=O)C2CC(=O)N(c3cc(C)ccc3OC)C2)CCNCC1.Cl. The van der Waals surface area contributed by atoms with Gasteiger partial charge in [-0.1, -0.05) is 6.07 Å². The number of ether oxygens (including phenoxy) is 2. The van der Waals surface area contributed by atoms with Crippen molar-refractivity contribution in [3.8, 4) is 5.75 Å². The molecule has 2 aliphatic rings. The van der Waals surface area contributed by atoms with Crippen LogP contribution in [0, 0.1) is 18.3 Å². The first-order valence-corrected chi connectivity index (χ1v) is 9.90. The number of amides is 2. The van der Waals surface area contributed by atoms with Crippen LogP contribution in [0.4, 0.5) is 5.69 Å². The minimum atomic E-state index is -0.348. The van der Waals surface area contributed by atoms with Gasteiger partial charge in [-0.2, -0.15) is 0 Å². The van der Waals surface area contributed by atoms with Crippen LogP contribution in [-0.4, -0.2) is 58.8 Å². The van der Waals surface area contributed by atoms with Gasteiger partial charge in [-0.25, -0.2) is 0 Å². The molecule has 1 aromatic rings. The second-order valence-electron chi connectivity index (χ2n) is 7.98. The van der Waals surface area contributed by atoms with Crippen LogP contribution in [0.1, 0.15) is 24.8 Å². The molecule has 2 saturated heterocycles. The summed E-state index contributed by atoms with van der Waals surface area (Å²) in [6.45, 7) is 5.43. The maximum atomic E-state index is 12.8. The number of carbonyl (C=O) groups excluding carboxylic acids is 2. The molecule has 8 heteroatoms. The van der Waals surface area contributed by atoms with Crippen molar-refractivity contribution in [2.24, 2.45) is 11.3 Å². The van der Waals surface area contributed by atoms with E-state index in [0.717, 1.165) is 37.2 Å². The predicted octanol–water partition coefficient (Wildman–Crippen LogP) is 1.91. The van der Waals surface area contributed by atoms with Crippen LogP contribution >= 0.6 is 12.4 Å². The Bertz CT molecular complexity index is 716. The summed E-state index contributed by atoms with van der Waals surface area (Å²) in [7, 11) is 3.29. The first-order chi connectivity index (χ1) is 13.5. The zero-order chi connectivity index (χ0) is 20.1. The highest BCUT2D eigenvalue weighted by Crippen LogP contribution is 2.34. The molecule has 2 N–H and O–H groups in total. The van der Waals surface area contributed by atoms with Gasteiger partial charge in [0.25, 0.3) is 0 Å². The average molecular weight is 426 g/mol. The number of nitrogens with one attached hydrogen (secondary N) is 2. The summed E-state index contributed by atoms with van der Waals surface area (Å²) in [5.74, 6) is 0.196. The molecule has 0 radical (unpaired) electrons. The van der Waals surface area contributed by atoms with E-state index in [1.54, 1.807) is 19.1 Å². The summed E-state index contributed by atoms with van der Waals surface area (Å²) < 4.78 is 10.8. The smallest absolute Gasteiger partial charge is 0.227 e. The Labute approximate surface area is 178 Å². The first kappa shape index (κ1) is 23.4. The molecule has 2 heterocycles. The lowest BCUT2D eigenvalue weighted by atomic mass is 9.79. The quantitative estimate of drug-likeness (QED) is 0.697. The lowest BCUT2D eigenvalue weighted by molar-refractivity contribution is -0.127. The predicted molar refractivity (Wildman–Crippen MR) is 115 cm³/mol. The highest BCUT2D eigenvalue weighted by atomic mass is 35.5. The fourth-order valence-electron chi connectivity index (χ4n) is 4.18. The topological polar surface area (TPSA) is 79.9 Å². The number of carbonyl (C=O) groups is 2.